The highest BCUT2D eigenvalue weighted by Crippen LogP contribution is 2.42. The van der Waals surface area contributed by atoms with Gasteiger partial charge in [-0.25, -0.2) is 0 Å². The molecule has 0 atom stereocenters. The van der Waals surface area contributed by atoms with Crippen LogP contribution in [0.2, 0.25) is 0 Å². The number of para-hydroxylation sites is 5. The monoisotopic (exact) mass is 649 g/mol. The zero-order chi connectivity index (χ0) is 33.5. The predicted molar refractivity (Wildman–Crippen MR) is 215 cm³/mol. The van der Waals surface area contributed by atoms with Crippen molar-refractivity contribution in [1.29, 1.82) is 0 Å². The van der Waals surface area contributed by atoms with E-state index in [0.717, 1.165) is 5.69 Å². The minimum Gasteiger partial charge on any atom is -0.309 e. The van der Waals surface area contributed by atoms with Crippen molar-refractivity contribution in [3.05, 3.63) is 188 Å². The third-order valence-electron chi connectivity index (χ3n) is 10.6. The van der Waals surface area contributed by atoms with Crippen molar-refractivity contribution in [2.45, 2.75) is 0 Å². The molecule has 0 saturated heterocycles. The lowest BCUT2D eigenvalue weighted by atomic mass is 10.0. The van der Waals surface area contributed by atoms with Crippen LogP contribution >= 0.6 is 0 Å². The lowest BCUT2D eigenvalue weighted by Gasteiger charge is -2.11. The smallest absolute Gasteiger partial charge is 0.0548 e. The summed E-state index contributed by atoms with van der Waals surface area (Å²) in [5.74, 6) is 0. The second-order valence-electron chi connectivity index (χ2n) is 13.4. The van der Waals surface area contributed by atoms with E-state index in [-0.39, 0.29) is 0 Å². The van der Waals surface area contributed by atoms with E-state index in [1.807, 2.05) is 0 Å². The standard InChI is InChI=1S/C48H31N3/c1-3-13-34(14-4-1)49-42-21-11-8-18-39(42)47-44(49)29-30-45-48(47)40-19-9-12-22-43(40)50(45)36-26-23-32(24-27-36)33-25-28-38-37-17-7-10-20-41(37)51(46(38)31-33)35-15-5-2-6-16-35/h1-31H. The van der Waals surface area contributed by atoms with Gasteiger partial charge in [0.25, 0.3) is 0 Å². The number of nitrogens with zero attached hydrogens (tertiary/aromatic N) is 3. The Bertz CT molecular complexity index is 3110. The van der Waals surface area contributed by atoms with Crippen LogP contribution in [0.15, 0.2) is 188 Å². The van der Waals surface area contributed by atoms with Crippen LogP contribution in [0.25, 0.3) is 93.6 Å². The Labute approximate surface area is 294 Å². The van der Waals surface area contributed by atoms with Crippen molar-refractivity contribution in [2.24, 2.45) is 0 Å². The number of aromatic nitrogens is 3. The lowest BCUT2D eigenvalue weighted by molar-refractivity contribution is 1.17. The average Bonchev–Trinajstić information content (AvgIpc) is 3.84. The van der Waals surface area contributed by atoms with Crippen molar-refractivity contribution in [1.82, 2.24) is 13.7 Å². The number of rotatable bonds is 4. The summed E-state index contributed by atoms with van der Waals surface area (Å²) in [6.45, 7) is 0. The average molecular weight is 650 g/mol. The third kappa shape index (κ3) is 4.06. The topological polar surface area (TPSA) is 14.8 Å². The van der Waals surface area contributed by atoms with Crippen LogP contribution in [0.4, 0.5) is 0 Å². The Kier molecular flexibility index (Phi) is 5.96. The van der Waals surface area contributed by atoms with Crippen LogP contribution in [-0.2, 0) is 0 Å². The predicted octanol–water partition coefficient (Wildman–Crippen LogP) is 12.6. The summed E-state index contributed by atoms with van der Waals surface area (Å²) in [6.07, 6.45) is 0. The van der Waals surface area contributed by atoms with Gasteiger partial charge in [-0.1, -0.05) is 115 Å². The molecule has 0 aliphatic rings. The van der Waals surface area contributed by atoms with Crippen LogP contribution in [0, 0.1) is 0 Å². The highest BCUT2D eigenvalue weighted by atomic mass is 15.0. The number of fused-ring (bicyclic) bond motifs is 10. The van der Waals surface area contributed by atoms with Crippen molar-refractivity contribution in [3.63, 3.8) is 0 Å². The molecular weight excluding hydrogens is 619 g/mol. The molecule has 51 heavy (non-hydrogen) atoms. The van der Waals surface area contributed by atoms with Gasteiger partial charge in [-0.05, 0) is 83.9 Å². The summed E-state index contributed by atoms with van der Waals surface area (Å²) in [7, 11) is 0. The molecule has 11 aromatic rings. The fourth-order valence-electron chi connectivity index (χ4n) is 8.46. The van der Waals surface area contributed by atoms with Gasteiger partial charge in [-0.15, -0.1) is 0 Å². The highest BCUT2D eigenvalue weighted by Gasteiger charge is 2.20. The second-order valence-corrected chi connectivity index (χ2v) is 13.4. The molecule has 0 aliphatic heterocycles. The molecule has 8 aromatic carbocycles. The zero-order valence-corrected chi connectivity index (χ0v) is 27.7. The Balaban J connectivity index is 1.10. The van der Waals surface area contributed by atoms with Gasteiger partial charge in [-0.3, -0.25) is 0 Å². The van der Waals surface area contributed by atoms with E-state index in [0.29, 0.717) is 0 Å². The van der Waals surface area contributed by atoms with Crippen molar-refractivity contribution >= 4 is 65.4 Å². The minimum atomic E-state index is 1.15. The normalized spacial score (nSPS) is 11.9. The fourth-order valence-corrected chi connectivity index (χ4v) is 8.46. The van der Waals surface area contributed by atoms with Crippen molar-refractivity contribution in [3.8, 4) is 28.2 Å². The largest absolute Gasteiger partial charge is 0.309 e. The molecule has 0 radical (unpaired) electrons. The molecule has 238 valence electrons. The minimum absolute atomic E-state index is 1.15. The molecule has 3 heterocycles. The third-order valence-corrected chi connectivity index (χ3v) is 10.6. The van der Waals surface area contributed by atoms with Crippen molar-refractivity contribution < 1.29 is 0 Å². The molecule has 0 bridgehead atoms. The maximum atomic E-state index is 2.43. The summed E-state index contributed by atoms with van der Waals surface area (Å²) in [5, 5.41) is 7.64. The summed E-state index contributed by atoms with van der Waals surface area (Å²) < 4.78 is 7.22. The quantitative estimate of drug-likeness (QED) is 0.180. The Morgan fingerprint density at radius 3 is 1.18 bits per heavy atom. The van der Waals surface area contributed by atoms with Gasteiger partial charge >= 0.3 is 0 Å². The van der Waals surface area contributed by atoms with Crippen molar-refractivity contribution in [2.75, 3.05) is 0 Å². The molecule has 0 fully saturated rings. The van der Waals surface area contributed by atoms with Crippen LogP contribution in [0.3, 0.4) is 0 Å². The van der Waals surface area contributed by atoms with E-state index < -0.39 is 0 Å². The van der Waals surface area contributed by atoms with Crippen LogP contribution in [0.5, 0.6) is 0 Å². The van der Waals surface area contributed by atoms with Gasteiger partial charge < -0.3 is 13.7 Å². The van der Waals surface area contributed by atoms with Gasteiger partial charge in [0, 0.05) is 49.4 Å². The Morgan fingerprint density at radius 2 is 0.627 bits per heavy atom. The summed E-state index contributed by atoms with van der Waals surface area (Å²) in [6, 6.07) is 68.3. The second kappa shape index (κ2) is 10.8. The Hall–Kier alpha value is -6.84. The summed E-state index contributed by atoms with van der Waals surface area (Å²) >= 11 is 0. The molecule has 0 unspecified atom stereocenters. The van der Waals surface area contributed by atoms with Gasteiger partial charge in [0.1, 0.15) is 0 Å². The number of hydrogen-bond acceptors (Lipinski definition) is 0. The zero-order valence-electron chi connectivity index (χ0n) is 27.7. The number of benzene rings is 8. The van der Waals surface area contributed by atoms with Gasteiger partial charge in [0.15, 0.2) is 0 Å². The molecule has 0 saturated carbocycles. The molecule has 3 aromatic heterocycles. The van der Waals surface area contributed by atoms with Crippen LogP contribution in [-0.4, -0.2) is 13.7 Å². The molecule has 0 spiro atoms. The molecular formula is C48H31N3. The van der Waals surface area contributed by atoms with E-state index in [4.69, 9.17) is 0 Å². The van der Waals surface area contributed by atoms with E-state index >= 15 is 0 Å². The van der Waals surface area contributed by atoms with E-state index in [1.54, 1.807) is 0 Å². The summed E-state index contributed by atoms with van der Waals surface area (Å²) in [4.78, 5) is 0. The first kappa shape index (κ1) is 28.0. The molecule has 11 rings (SSSR count). The number of hydrogen-bond donors (Lipinski definition) is 0. The summed E-state index contributed by atoms with van der Waals surface area (Å²) in [5.41, 5.74) is 13.2. The first-order chi connectivity index (χ1) is 25.3. The molecule has 0 N–H and O–H groups in total. The van der Waals surface area contributed by atoms with Crippen LogP contribution < -0.4 is 0 Å². The molecule has 0 aliphatic carbocycles. The first-order valence-electron chi connectivity index (χ1n) is 17.5. The molecule has 0 amide bonds. The van der Waals surface area contributed by atoms with E-state index in [1.165, 1.54) is 87.9 Å². The van der Waals surface area contributed by atoms with E-state index in [9.17, 15) is 0 Å². The highest BCUT2D eigenvalue weighted by molar-refractivity contribution is 6.29. The van der Waals surface area contributed by atoms with Gasteiger partial charge in [0.05, 0.1) is 33.1 Å². The van der Waals surface area contributed by atoms with E-state index in [2.05, 4.69) is 202 Å². The Morgan fingerprint density at radius 1 is 0.235 bits per heavy atom. The molecule has 3 nitrogen and oxygen atoms in total. The van der Waals surface area contributed by atoms with Gasteiger partial charge in [0.2, 0.25) is 0 Å². The fraction of sp³-hybridized carbons (Fsp3) is 0. The van der Waals surface area contributed by atoms with Gasteiger partial charge in [-0.2, -0.15) is 0 Å². The lowest BCUT2D eigenvalue weighted by Crippen LogP contribution is -1.95. The van der Waals surface area contributed by atoms with Crippen LogP contribution in [0.1, 0.15) is 0 Å². The molecule has 3 heteroatoms. The maximum Gasteiger partial charge on any atom is 0.0548 e. The first-order valence-corrected chi connectivity index (χ1v) is 17.5. The maximum absolute atomic E-state index is 2.43. The SMILES string of the molecule is c1ccc(-n2c3ccccc3c3ccc(-c4ccc(-n5c6ccccc6c6c7c8ccccc8n(-c8ccccc8)c7ccc65)cc4)cc32)cc1.